The predicted molar refractivity (Wildman–Crippen MR) is 77.2 cm³/mol. The molecule has 0 radical (unpaired) electrons. The Morgan fingerprint density at radius 1 is 1.05 bits per heavy atom. The van der Waals surface area contributed by atoms with E-state index in [0.717, 1.165) is 30.0 Å². The SMILES string of the molecule is CC(=O)c1ccc(N2Cc3ccc(N)cc3C2)cc1. The van der Waals surface area contributed by atoms with Gasteiger partial charge in [-0.3, -0.25) is 4.79 Å². The van der Waals surface area contributed by atoms with Crippen LogP contribution in [0.4, 0.5) is 11.4 Å². The van der Waals surface area contributed by atoms with Gasteiger partial charge in [0.05, 0.1) is 0 Å². The summed E-state index contributed by atoms with van der Waals surface area (Å²) in [5.74, 6) is 0.101. The van der Waals surface area contributed by atoms with Crippen molar-refractivity contribution < 1.29 is 4.79 Å². The molecule has 1 heterocycles. The first-order valence-corrected chi connectivity index (χ1v) is 6.37. The second-order valence-corrected chi connectivity index (χ2v) is 4.99. The van der Waals surface area contributed by atoms with Crippen LogP contribution in [-0.4, -0.2) is 5.78 Å². The summed E-state index contributed by atoms with van der Waals surface area (Å²) in [4.78, 5) is 13.6. The van der Waals surface area contributed by atoms with E-state index in [1.54, 1.807) is 6.92 Å². The van der Waals surface area contributed by atoms with Crippen LogP contribution >= 0.6 is 0 Å². The molecule has 3 heteroatoms. The molecule has 1 aliphatic rings. The summed E-state index contributed by atoms with van der Waals surface area (Å²) in [7, 11) is 0. The Morgan fingerprint density at radius 3 is 2.42 bits per heavy atom. The molecule has 0 aromatic heterocycles. The maximum absolute atomic E-state index is 11.3. The van der Waals surface area contributed by atoms with Crippen molar-refractivity contribution in [1.29, 1.82) is 0 Å². The van der Waals surface area contributed by atoms with Gasteiger partial charge in [-0.15, -0.1) is 0 Å². The van der Waals surface area contributed by atoms with E-state index in [2.05, 4.69) is 11.0 Å². The fraction of sp³-hybridized carbons (Fsp3) is 0.188. The average molecular weight is 252 g/mol. The van der Waals surface area contributed by atoms with E-state index in [1.807, 2.05) is 36.4 Å². The van der Waals surface area contributed by atoms with Gasteiger partial charge in [0.2, 0.25) is 0 Å². The van der Waals surface area contributed by atoms with Crippen LogP contribution in [0.1, 0.15) is 28.4 Å². The average Bonchev–Trinajstić information content (AvgIpc) is 2.81. The highest BCUT2D eigenvalue weighted by Gasteiger charge is 2.19. The lowest BCUT2D eigenvalue weighted by Crippen LogP contribution is -2.14. The van der Waals surface area contributed by atoms with Gasteiger partial charge in [0.1, 0.15) is 0 Å². The third-order valence-corrected chi connectivity index (χ3v) is 3.59. The summed E-state index contributed by atoms with van der Waals surface area (Å²) in [6.45, 7) is 3.36. The van der Waals surface area contributed by atoms with Gasteiger partial charge in [-0.1, -0.05) is 6.07 Å². The fourth-order valence-corrected chi connectivity index (χ4v) is 2.50. The van der Waals surface area contributed by atoms with E-state index in [-0.39, 0.29) is 5.78 Å². The van der Waals surface area contributed by atoms with Gasteiger partial charge in [-0.2, -0.15) is 0 Å². The topological polar surface area (TPSA) is 46.3 Å². The lowest BCUT2D eigenvalue weighted by molar-refractivity contribution is 0.101. The highest BCUT2D eigenvalue weighted by Crippen LogP contribution is 2.29. The number of hydrogen-bond acceptors (Lipinski definition) is 3. The predicted octanol–water partition coefficient (Wildman–Crippen LogP) is 2.99. The minimum Gasteiger partial charge on any atom is -0.399 e. The third kappa shape index (κ3) is 2.19. The Balaban J connectivity index is 1.84. The molecule has 0 saturated carbocycles. The minimum atomic E-state index is 0.101. The van der Waals surface area contributed by atoms with Crippen LogP contribution in [-0.2, 0) is 13.1 Å². The molecule has 0 fully saturated rings. The molecule has 1 aliphatic heterocycles. The van der Waals surface area contributed by atoms with E-state index in [0.29, 0.717) is 0 Å². The minimum absolute atomic E-state index is 0.101. The number of fused-ring (bicyclic) bond motifs is 1. The molecule has 0 aliphatic carbocycles. The number of anilines is 2. The molecule has 2 N–H and O–H groups in total. The highest BCUT2D eigenvalue weighted by molar-refractivity contribution is 5.94. The zero-order valence-corrected chi connectivity index (χ0v) is 10.9. The molecule has 19 heavy (non-hydrogen) atoms. The smallest absolute Gasteiger partial charge is 0.159 e. The Labute approximate surface area is 112 Å². The zero-order chi connectivity index (χ0) is 13.4. The lowest BCUT2D eigenvalue weighted by Gasteiger charge is -2.17. The lowest BCUT2D eigenvalue weighted by atomic mass is 10.1. The summed E-state index contributed by atoms with van der Waals surface area (Å²) < 4.78 is 0. The second kappa shape index (κ2) is 4.43. The number of benzene rings is 2. The summed E-state index contributed by atoms with van der Waals surface area (Å²) in [5.41, 5.74) is 11.1. The molecular formula is C16H16N2O. The van der Waals surface area contributed by atoms with Crippen LogP contribution in [0.3, 0.4) is 0 Å². The number of hydrogen-bond donors (Lipinski definition) is 1. The van der Waals surface area contributed by atoms with E-state index in [9.17, 15) is 4.79 Å². The van der Waals surface area contributed by atoms with Crippen molar-refractivity contribution in [2.45, 2.75) is 20.0 Å². The van der Waals surface area contributed by atoms with Crippen molar-refractivity contribution >= 4 is 17.2 Å². The first-order chi connectivity index (χ1) is 9.13. The summed E-state index contributed by atoms with van der Waals surface area (Å²) in [6.07, 6.45) is 0. The van der Waals surface area contributed by atoms with Gasteiger partial charge < -0.3 is 10.6 Å². The Bertz CT molecular complexity index is 632. The first-order valence-electron chi connectivity index (χ1n) is 6.37. The Morgan fingerprint density at radius 2 is 1.74 bits per heavy atom. The number of nitrogens with two attached hydrogens (primary N) is 1. The van der Waals surface area contributed by atoms with Crippen LogP contribution < -0.4 is 10.6 Å². The van der Waals surface area contributed by atoms with Crippen LogP contribution in [0, 0.1) is 0 Å². The molecule has 96 valence electrons. The fourth-order valence-electron chi connectivity index (χ4n) is 2.50. The molecule has 0 spiro atoms. The summed E-state index contributed by atoms with van der Waals surface area (Å²) in [5, 5.41) is 0. The number of carbonyl (C=O) groups is 1. The van der Waals surface area contributed by atoms with Gasteiger partial charge >= 0.3 is 0 Å². The summed E-state index contributed by atoms with van der Waals surface area (Å²) >= 11 is 0. The quantitative estimate of drug-likeness (QED) is 0.660. The van der Waals surface area contributed by atoms with Gasteiger partial charge in [0.25, 0.3) is 0 Å². The van der Waals surface area contributed by atoms with Crippen LogP contribution in [0.5, 0.6) is 0 Å². The Hall–Kier alpha value is -2.29. The Kier molecular flexibility index (Phi) is 2.75. The van der Waals surface area contributed by atoms with Gasteiger partial charge in [-0.05, 0) is 54.4 Å². The largest absolute Gasteiger partial charge is 0.399 e. The number of nitrogens with zero attached hydrogens (tertiary/aromatic N) is 1. The van der Waals surface area contributed by atoms with Gasteiger partial charge in [0.15, 0.2) is 5.78 Å². The molecule has 3 nitrogen and oxygen atoms in total. The van der Waals surface area contributed by atoms with E-state index in [4.69, 9.17) is 5.73 Å². The van der Waals surface area contributed by atoms with E-state index >= 15 is 0 Å². The van der Waals surface area contributed by atoms with Gasteiger partial charge in [-0.25, -0.2) is 0 Å². The maximum atomic E-state index is 11.3. The molecule has 0 unspecified atom stereocenters. The van der Waals surface area contributed by atoms with E-state index in [1.165, 1.54) is 11.1 Å². The van der Waals surface area contributed by atoms with Crippen molar-refractivity contribution in [2.75, 3.05) is 10.6 Å². The van der Waals surface area contributed by atoms with Crippen LogP contribution in [0.15, 0.2) is 42.5 Å². The van der Waals surface area contributed by atoms with Crippen molar-refractivity contribution in [3.05, 3.63) is 59.2 Å². The molecule has 0 atom stereocenters. The molecular weight excluding hydrogens is 236 g/mol. The molecule has 2 aromatic carbocycles. The van der Waals surface area contributed by atoms with Crippen LogP contribution in [0.2, 0.25) is 0 Å². The van der Waals surface area contributed by atoms with Crippen molar-refractivity contribution in [3.63, 3.8) is 0 Å². The number of ketones is 1. The molecule has 3 rings (SSSR count). The highest BCUT2D eigenvalue weighted by atomic mass is 16.1. The van der Waals surface area contributed by atoms with Crippen molar-refractivity contribution in [3.8, 4) is 0 Å². The number of carbonyl (C=O) groups excluding carboxylic acids is 1. The van der Waals surface area contributed by atoms with Gasteiger partial charge in [0, 0.05) is 30.0 Å². The van der Waals surface area contributed by atoms with E-state index < -0.39 is 0 Å². The molecule has 0 saturated heterocycles. The zero-order valence-electron chi connectivity index (χ0n) is 10.9. The van der Waals surface area contributed by atoms with Crippen molar-refractivity contribution in [1.82, 2.24) is 0 Å². The number of Topliss-reactive ketones (excluding diaryl/α,β-unsaturated/α-hetero) is 1. The third-order valence-electron chi connectivity index (χ3n) is 3.59. The van der Waals surface area contributed by atoms with Crippen molar-refractivity contribution in [2.24, 2.45) is 0 Å². The number of rotatable bonds is 2. The van der Waals surface area contributed by atoms with Crippen LogP contribution in [0.25, 0.3) is 0 Å². The normalized spacial score (nSPS) is 13.4. The monoisotopic (exact) mass is 252 g/mol. The maximum Gasteiger partial charge on any atom is 0.159 e. The summed E-state index contributed by atoms with van der Waals surface area (Å²) in [6, 6.07) is 13.9. The molecule has 0 amide bonds. The molecule has 0 bridgehead atoms. The standard InChI is InChI=1S/C16H16N2O/c1-11(19)12-3-6-16(7-4-12)18-9-13-2-5-15(17)8-14(13)10-18/h2-8H,9-10,17H2,1H3. The second-order valence-electron chi connectivity index (χ2n) is 4.99. The first kappa shape index (κ1) is 11.8. The molecule has 2 aromatic rings. The number of nitrogen functional groups attached to an aromatic ring is 1.